The van der Waals surface area contributed by atoms with Gasteiger partial charge in [0.2, 0.25) is 5.91 Å². The SMILES string of the molecule is CC(C)c1ccc(/C=C/C(=O)Nc2ccc3c(c2)N(Cc2ccc(Br)cc2)C(=O)CO3)cc1. The van der Waals surface area contributed by atoms with Gasteiger partial charge in [0.05, 0.1) is 12.2 Å². The minimum Gasteiger partial charge on any atom is -0.482 e. The maximum absolute atomic E-state index is 12.6. The van der Waals surface area contributed by atoms with Crippen LogP contribution in [-0.2, 0) is 16.1 Å². The highest BCUT2D eigenvalue weighted by Gasteiger charge is 2.26. The van der Waals surface area contributed by atoms with Gasteiger partial charge < -0.3 is 15.0 Å². The summed E-state index contributed by atoms with van der Waals surface area (Å²) in [6.07, 6.45) is 3.29. The largest absolute Gasteiger partial charge is 0.482 e. The average molecular weight is 505 g/mol. The topological polar surface area (TPSA) is 58.6 Å². The minimum absolute atomic E-state index is 0.00638. The van der Waals surface area contributed by atoms with Gasteiger partial charge in [0, 0.05) is 16.2 Å². The third-order valence-corrected chi connectivity index (χ3v) is 5.98. The molecular weight excluding hydrogens is 480 g/mol. The Labute approximate surface area is 202 Å². The molecule has 168 valence electrons. The molecule has 1 N–H and O–H groups in total. The molecule has 0 bridgehead atoms. The van der Waals surface area contributed by atoms with E-state index in [2.05, 4.69) is 47.2 Å². The maximum Gasteiger partial charge on any atom is 0.265 e. The smallest absolute Gasteiger partial charge is 0.265 e. The van der Waals surface area contributed by atoms with Crippen molar-refractivity contribution >= 4 is 45.2 Å². The van der Waals surface area contributed by atoms with Crippen molar-refractivity contribution in [3.8, 4) is 5.75 Å². The molecule has 0 aromatic heterocycles. The quantitative estimate of drug-likeness (QED) is 0.409. The van der Waals surface area contributed by atoms with Crippen molar-refractivity contribution in [1.29, 1.82) is 0 Å². The van der Waals surface area contributed by atoms with Gasteiger partial charge in [0.1, 0.15) is 5.75 Å². The number of rotatable bonds is 6. The van der Waals surface area contributed by atoms with Gasteiger partial charge in [-0.1, -0.05) is 66.2 Å². The Morgan fingerprint density at radius 1 is 1.09 bits per heavy atom. The van der Waals surface area contributed by atoms with Gasteiger partial charge in [-0.15, -0.1) is 0 Å². The number of halogens is 1. The molecular formula is C27H25BrN2O3. The zero-order valence-corrected chi connectivity index (χ0v) is 20.1. The van der Waals surface area contributed by atoms with Gasteiger partial charge in [-0.3, -0.25) is 9.59 Å². The van der Waals surface area contributed by atoms with E-state index in [1.807, 2.05) is 36.4 Å². The Bertz CT molecular complexity index is 1180. The standard InChI is InChI=1S/C27H25BrN2O3/c1-18(2)21-8-3-19(4-9-21)7-14-26(31)29-23-12-13-25-24(15-23)30(27(32)17-33-25)16-20-5-10-22(28)11-6-20/h3-15,18H,16-17H2,1-2H3,(H,29,31)/b14-7+. The predicted molar refractivity (Wildman–Crippen MR) is 135 cm³/mol. The van der Waals surface area contributed by atoms with E-state index in [-0.39, 0.29) is 18.4 Å². The molecule has 0 aliphatic carbocycles. The number of carbonyl (C=O) groups is 2. The molecule has 3 aromatic carbocycles. The second kappa shape index (κ2) is 10.0. The summed E-state index contributed by atoms with van der Waals surface area (Å²) in [6, 6.07) is 21.3. The number of carbonyl (C=O) groups excluding carboxylic acids is 2. The fourth-order valence-corrected chi connectivity index (χ4v) is 3.84. The van der Waals surface area contributed by atoms with E-state index < -0.39 is 0 Å². The summed E-state index contributed by atoms with van der Waals surface area (Å²) in [5.41, 5.74) is 4.45. The fraction of sp³-hybridized carbons (Fsp3) is 0.185. The van der Waals surface area contributed by atoms with E-state index in [1.165, 1.54) is 11.6 Å². The van der Waals surface area contributed by atoms with Crippen LogP contribution in [0, 0.1) is 0 Å². The van der Waals surface area contributed by atoms with Gasteiger partial charge in [-0.05, 0) is 59.0 Å². The molecule has 4 rings (SSSR count). The molecule has 1 heterocycles. The molecule has 2 amide bonds. The molecule has 3 aromatic rings. The maximum atomic E-state index is 12.6. The molecule has 5 nitrogen and oxygen atoms in total. The monoisotopic (exact) mass is 504 g/mol. The number of anilines is 2. The highest BCUT2D eigenvalue weighted by molar-refractivity contribution is 9.10. The third kappa shape index (κ3) is 5.71. The summed E-state index contributed by atoms with van der Waals surface area (Å²) >= 11 is 3.43. The Morgan fingerprint density at radius 3 is 2.52 bits per heavy atom. The lowest BCUT2D eigenvalue weighted by Crippen LogP contribution is -2.38. The van der Waals surface area contributed by atoms with Crippen LogP contribution >= 0.6 is 15.9 Å². The summed E-state index contributed by atoms with van der Waals surface area (Å²) in [5, 5.41) is 2.87. The number of fused-ring (bicyclic) bond motifs is 1. The van der Waals surface area contributed by atoms with Crippen molar-refractivity contribution in [2.45, 2.75) is 26.3 Å². The number of hydrogen-bond donors (Lipinski definition) is 1. The molecule has 0 saturated heterocycles. The zero-order valence-electron chi connectivity index (χ0n) is 18.5. The van der Waals surface area contributed by atoms with E-state index in [9.17, 15) is 9.59 Å². The van der Waals surface area contributed by atoms with Crippen molar-refractivity contribution in [3.63, 3.8) is 0 Å². The van der Waals surface area contributed by atoms with Crippen molar-refractivity contribution in [1.82, 2.24) is 0 Å². The van der Waals surface area contributed by atoms with E-state index >= 15 is 0 Å². The minimum atomic E-state index is -0.245. The van der Waals surface area contributed by atoms with Crippen molar-refractivity contribution in [3.05, 3.63) is 94.0 Å². The van der Waals surface area contributed by atoms with Crippen LogP contribution in [0.4, 0.5) is 11.4 Å². The zero-order chi connectivity index (χ0) is 23.4. The molecule has 0 atom stereocenters. The van der Waals surface area contributed by atoms with Crippen LogP contribution in [0.5, 0.6) is 5.75 Å². The molecule has 0 fully saturated rings. The van der Waals surface area contributed by atoms with Gasteiger partial charge in [0.15, 0.2) is 6.61 Å². The highest BCUT2D eigenvalue weighted by atomic mass is 79.9. The molecule has 6 heteroatoms. The molecule has 1 aliphatic rings. The highest BCUT2D eigenvalue weighted by Crippen LogP contribution is 2.35. The normalized spacial score (nSPS) is 13.2. The number of amides is 2. The molecule has 0 spiro atoms. The Kier molecular flexibility index (Phi) is 6.94. The first kappa shape index (κ1) is 22.8. The van der Waals surface area contributed by atoms with Crippen LogP contribution in [0.3, 0.4) is 0 Å². The summed E-state index contributed by atoms with van der Waals surface area (Å²) in [6.45, 7) is 4.71. The lowest BCUT2D eigenvalue weighted by atomic mass is 10.0. The van der Waals surface area contributed by atoms with Gasteiger partial charge >= 0.3 is 0 Å². The number of hydrogen-bond acceptors (Lipinski definition) is 3. The lowest BCUT2D eigenvalue weighted by molar-refractivity contribution is -0.121. The van der Waals surface area contributed by atoms with E-state index in [4.69, 9.17) is 4.74 Å². The molecule has 33 heavy (non-hydrogen) atoms. The summed E-state index contributed by atoms with van der Waals surface area (Å²) in [7, 11) is 0. The number of nitrogens with one attached hydrogen (secondary N) is 1. The Balaban J connectivity index is 1.48. The van der Waals surface area contributed by atoms with Gasteiger partial charge in [-0.25, -0.2) is 0 Å². The number of ether oxygens (including phenoxy) is 1. The molecule has 1 aliphatic heterocycles. The molecule has 0 radical (unpaired) electrons. The van der Waals surface area contributed by atoms with E-state index in [0.717, 1.165) is 15.6 Å². The van der Waals surface area contributed by atoms with Crippen LogP contribution in [0.15, 0.2) is 77.3 Å². The van der Waals surface area contributed by atoms with Crippen LogP contribution in [0.1, 0.15) is 36.5 Å². The predicted octanol–water partition coefficient (Wildman–Crippen LogP) is 6.15. The number of benzene rings is 3. The summed E-state index contributed by atoms with van der Waals surface area (Å²) in [5.74, 6) is 0.712. The van der Waals surface area contributed by atoms with Crippen LogP contribution in [0.25, 0.3) is 6.08 Å². The first-order valence-electron chi connectivity index (χ1n) is 10.8. The Hall–Kier alpha value is -3.38. The van der Waals surface area contributed by atoms with E-state index in [1.54, 1.807) is 29.2 Å². The first-order valence-corrected chi connectivity index (χ1v) is 11.6. The third-order valence-electron chi connectivity index (χ3n) is 5.45. The Morgan fingerprint density at radius 2 is 1.82 bits per heavy atom. The van der Waals surface area contributed by atoms with Gasteiger partial charge in [-0.2, -0.15) is 0 Å². The fourth-order valence-electron chi connectivity index (χ4n) is 3.57. The summed E-state index contributed by atoms with van der Waals surface area (Å²) in [4.78, 5) is 26.7. The van der Waals surface area contributed by atoms with Crippen molar-refractivity contribution < 1.29 is 14.3 Å². The van der Waals surface area contributed by atoms with Crippen LogP contribution < -0.4 is 15.0 Å². The van der Waals surface area contributed by atoms with Crippen molar-refractivity contribution in [2.75, 3.05) is 16.8 Å². The van der Waals surface area contributed by atoms with Gasteiger partial charge in [0.25, 0.3) is 5.91 Å². The average Bonchev–Trinajstić information content (AvgIpc) is 2.81. The van der Waals surface area contributed by atoms with Crippen LogP contribution in [-0.4, -0.2) is 18.4 Å². The second-order valence-electron chi connectivity index (χ2n) is 8.22. The molecule has 0 saturated carbocycles. The van der Waals surface area contributed by atoms with Crippen molar-refractivity contribution in [2.24, 2.45) is 0 Å². The first-order chi connectivity index (χ1) is 15.9. The second-order valence-corrected chi connectivity index (χ2v) is 9.14. The number of nitrogens with zero attached hydrogens (tertiary/aromatic N) is 1. The lowest BCUT2D eigenvalue weighted by Gasteiger charge is -2.30. The van der Waals surface area contributed by atoms with Crippen LogP contribution in [0.2, 0.25) is 0 Å². The summed E-state index contributed by atoms with van der Waals surface area (Å²) < 4.78 is 6.57. The van der Waals surface area contributed by atoms with E-state index in [0.29, 0.717) is 29.6 Å². The molecule has 0 unspecified atom stereocenters.